The summed E-state index contributed by atoms with van der Waals surface area (Å²) >= 11 is 0. The van der Waals surface area contributed by atoms with E-state index >= 15 is 0 Å². The molecule has 122 valence electrons. The predicted molar refractivity (Wildman–Crippen MR) is 65.7 cm³/mol. The molecule has 2 bridgehead atoms. The predicted octanol–water partition coefficient (Wildman–Crippen LogP) is 0.844. The van der Waals surface area contributed by atoms with Crippen LogP contribution in [0.2, 0.25) is 0 Å². The van der Waals surface area contributed by atoms with Crippen molar-refractivity contribution >= 4 is 5.97 Å². The summed E-state index contributed by atoms with van der Waals surface area (Å²) in [6.45, 7) is 0. The van der Waals surface area contributed by atoms with Crippen LogP contribution in [0.1, 0.15) is 23.7 Å². The van der Waals surface area contributed by atoms with E-state index in [0.29, 0.717) is 0 Å². The molecular weight excluding hydrogens is 305 g/mol. The summed E-state index contributed by atoms with van der Waals surface area (Å²) in [6, 6.07) is 0.900. The highest BCUT2D eigenvalue weighted by atomic mass is 19.4. The van der Waals surface area contributed by atoms with Gasteiger partial charge in [-0.1, -0.05) is 0 Å². The molecule has 5 atom stereocenters. The van der Waals surface area contributed by atoms with Crippen molar-refractivity contribution in [3.8, 4) is 0 Å². The van der Waals surface area contributed by atoms with Gasteiger partial charge >= 0.3 is 12.1 Å². The zero-order valence-electron chi connectivity index (χ0n) is 11.9. The fourth-order valence-electron chi connectivity index (χ4n) is 3.43. The van der Waals surface area contributed by atoms with Crippen LogP contribution >= 0.6 is 0 Å². The van der Waals surface area contributed by atoms with Crippen LogP contribution in [0.25, 0.3) is 0 Å². The van der Waals surface area contributed by atoms with Crippen LogP contribution in [0, 0.1) is 5.92 Å². The molecule has 2 fully saturated rings. The SMILES string of the molecule is COC(=O)[C@@H]1[C@@H](c2cc(C(F)(F)F)nn2C)[C@H]2O[C@@H]1C[C@@H]2O. The highest BCUT2D eigenvalue weighted by Crippen LogP contribution is 2.49. The second kappa shape index (κ2) is 4.95. The van der Waals surface area contributed by atoms with Crippen molar-refractivity contribution < 1.29 is 32.5 Å². The van der Waals surface area contributed by atoms with Crippen LogP contribution in [0.5, 0.6) is 0 Å². The Kier molecular flexibility index (Phi) is 3.44. The number of esters is 1. The molecule has 2 aliphatic rings. The zero-order chi connectivity index (χ0) is 16.2. The van der Waals surface area contributed by atoms with Gasteiger partial charge in [0.25, 0.3) is 0 Å². The molecule has 0 unspecified atom stereocenters. The number of aliphatic hydroxyl groups is 1. The molecule has 2 saturated heterocycles. The van der Waals surface area contributed by atoms with Gasteiger partial charge in [0.2, 0.25) is 0 Å². The van der Waals surface area contributed by atoms with Gasteiger partial charge in [0, 0.05) is 25.1 Å². The van der Waals surface area contributed by atoms with Gasteiger partial charge in [-0.05, 0) is 6.07 Å². The molecule has 1 N–H and O–H groups in total. The number of rotatable bonds is 2. The van der Waals surface area contributed by atoms with Gasteiger partial charge in [0.15, 0.2) is 5.69 Å². The number of aryl methyl sites for hydroxylation is 1. The molecule has 0 aliphatic carbocycles. The zero-order valence-corrected chi connectivity index (χ0v) is 11.9. The highest BCUT2D eigenvalue weighted by Gasteiger charge is 2.58. The molecule has 2 aliphatic heterocycles. The lowest BCUT2D eigenvalue weighted by molar-refractivity contribution is -0.148. The van der Waals surface area contributed by atoms with E-state index in [2.05, 4.69) is 5.10 Å². The largest absolute Gasteiger partial charge is 0.469 e. The van der Waals surface area contributed by atoms with Crippen LogP contribution < -0.4 is 0 Å². The number of hydrogen-bond acceptors (Lipinski definition) is 5. The number of hydrogen-bond donors (Lipinski definition) is 1. The first-order valence-corrected chi connectivity index (χ1v) is 6.76. The first-order valence-electron chi connectivity index (χ1n) is 6.76. The number of aromatic nitrogens is 2. The Bertz CT molecular complexity index is 601. The summed E-state index contributed by atoms with van der Waals surface area (Å²) in [5.74, 6) is -2.01. The molecule has 0 amide bonds. The van der Waals surface area contributed by atoms with Crippen LogP contribution in [0.15, 0.2) is 6.07 Å². The van der Waals surface area contributed by atoms with E-state index in [1.807, 2.05) is 0 Å². The fraction of sp³-hybridized carbons (Fsp3) is 0.692. The van der Waals surface area contributed by atoms with E-state index in [1.165, 1.54) is 14.2 Å². The monoisotopic (exact) mass is 320 g/mol. The van der Waals surface area contributed by atoms with Crippen LogP contribution in [-0.2, 0) is 27.5 Å². The molecule has 6 nitrogen and oxygen atoms in total. The minimum absolute atomic E-state index is 0.203. The second-order valence-corrected chi connectivity index (χ2v) is 5.59. The molecule has 1 aromatic heterocycles. The maximum Gasteiger partial charge on any atom is 0.435 e. The van der Waals surface area contributed by atoms with E-state index in [0.717, 1.165) is 10.7 Å². The third-order valence-corrected chi connectivity index (χ3v) is 4.35. The molecule has 0 aromatic carbocycles. The Balaban J connectivity index is 2.01. The van der Waals surface area contributed by atoms with Crippen molar-refractivity contribution in [1.82, 2.24) is 9.78 Å². The number of ether oxygens (including phenoxy) is 2. The van der Waals surface area contributed by atoms with Crippen LogP contribution in [0.4, 0.5) is 13.2 Å². The van der Waals surface area contributed by atoms with Crippen molar-refractivity contribution in [2.45, 2.75) is 36.8 Å². The van der Waals surface area contributed by atoms with Crippen molar-refractivity contribution in [2.24, 2.45) is 13.0 Å². The summed E-state index contributed by atoms with van der Waals surface area (Å²) in [7, 11) is 2.59. The number of carbonyl (C=O) groups is 1. The standard InChI is InChI=1S/C13H15F3N2O4/c1-18-5(3-8(17-18)13(14,15)16)9-10(12(20)21-2)7-4-6(19)11(9)22-7/h3,6-7,9-11,19H,4H2,1-2H3/t6-,7+,9+,10-,11-/m0/s1. The first kappa shape index (κ1) is 15.3. The van der Waals surface area contributed by atoms with E-state index in [-0.39, 0.29) is 12.1 Å². The normalized spacial score (nSPS) is 34.2. The highest BCUT2D eigenvalue weighted by molar-refractivity contribution is 5.75. The molecule has 3 heterocycles. The van der Waals surface area contributed by atoms with Gasteiger partial charge < -0.3 is 14.6 Å². The Hall–Kier alpha value is -1.61. The van der Waals surface area contributed by atoms with Gasteiger partial charge in [0.05, 0.1) is 31.3 Å². The number of halogens is 3. The Morgan fingerprint density at radius 2 is 2.23 bits per heavy atom. The number of aliphatic hydroxyl groups excluding tert-OH is 1. The number of methoxy groups -OCH3 is 1. The number of nitrogens with zero attached hydrogens (tertiary/aromatic N) is 2. The van der Waals surface area contributed by atoms with E-state index in [9.17, 15) is 23.1 Å². The van der Waals surface area contributed by atoms with Gasteiger partial charge in [-0.15, -0.1) is 0 Å². The van der Waals surface area contributed by atoms with Crippen molar-refractivity contribution in [3.05, 3.63) is 17.5 Å². The van der Waals surface area contributed by atoms with Gasteiger partial charge in [-0.2, -0.15) is 18.3 Å². The lowest BCUT2D eigenvalue weighted by atomic mass is 9.76. The molecule has 1 aromatic rings. The van der Waals surface area contributed by atoms with Crippen molar-refractivity contribution in [1.29, 1.82) is 0 Å². The maximum absolute atomic E-state index is 12.8. The molecule has 9 heteroatoms. The quantitative estimate of drug-likeness (QED) is 0.818. The van der Waals surface area contributed by atoms with E-state index < -0.39 is 48.0 Å². The minimum Gasteiger partial charge on any atom is -0.469 e. The topological polar surface area (TPSA) is 73.6 Å². The Labute approximate surface area is 123 Å². The third-order valence-electron chi connectivity index (χ3n) is 4.35. The van der Waals surface area contributed by atoms with Crippen LogP contribution in [0.3, 0.4) is 0 Å². The molecule has 0 saturated carbocycles. The number of alkyl halides is 3. The third kappa shape index (κ3) is 2.19. The van der Waals surface area contributed by atoms with Crippen molar-refractivity contribution in [2.75, 3.05) is 7.11 Å². The molecule has 22 heavy (non-hydrogen) atoms. The minimum atomic E-state index is -4.58. The lowest BCUT2D eigenvalue weighted by Gasteiger charge is -2.28. The molecule has 0 radical (unpaired) electrons. The number of carbonyl (C=O) groups excluding carboxylic acids is 1. The first-order chi connectivity index (χ1) is 10.2. The molecular formula is C13H15F3N2O4. The average molecular weight is 320 g/mol. The maximum atomic E-state index is 12.8. The Morgan fingerprint density at radius 3 is 2.77 bits per heavy atom. The summed E-state index contributed by atoms with van der Waals surface area (Å²) in [5.41, 5.74) is -0.833. The van der Waals surface area contributed by atoms with Crippen LogP contribution in [-0.4, -0.2) is 46.3 Å². The van der Waals surface area contributed by atoms with Gasteiger partial charge in [-0.25, -0.2) is 0 Å². The second-order valence-electron chi connectivity index (χ2n) is 5.59. The van der Waals surface area contributed by atoms with E-state index in [4.69, 9.17) is 9.47 Å². The van der Waals surface area contributed by atoms with Gasteiger partial charge in [-0.3, -0.25) is 9.48 Å². The van der Waals surface area contributed by atoms with Crippen molar-refractivity contribution in [3.63, 3.8) is 0 Å². The van der Waals surface area contributed by atoms with E-state index in [1.54, 1.807) is 0 Å². The summed E-state index contributed by atoms with van der Waals surface area (Å²) in [5, 5.41) is 13.4. The van der Waals surface area contributed by atoms with Gasteiger partial charge in [0.1, 0.15) is 0 Å². The fourth-order valence-corrected chi connectivity index (χ4v) is 3.43. The summed E-state index contributed by atoms with van der Waals surface area (Å²) in [6.07, 6.45) is -6.41. The summed E-state index contributed by atoms with van der Waals surface area (Å²) < 4.78 is 49.8. The molecule has 3 rings (SSSR count). The number of fused-ring (bicyclic) bond motifs is 2. The lowest BCUT2D eigenvalue weighted by Crippen LogP contribution is -2.39. The summed E-state index contributed by atoms with van der Waals surface area (Å²) in [4.78, 5) is 12.0. The smallest absolute Gasteiger partial charge is 0.435 e. The average Bonchev–Trinajstić information content (AvgIpc) is 3.08. The Morgan fingerprint density at radius 1 is 1.55 bits per heavy atom. The molecule has 0 spiro atoms.